The van der Waals surface area contributed by atoms with E-state index in [1.807, 2.05) is 18.7 Å². The van der Waals surface area contributed by atoms with Crippen molar-refractivity contribution in [1.82, 2.24) is 10.2 Å². The van der Waals surface area contributed by atoms with Gasteiger partial charge in [0.05, 0.1) is 0 Å². The van der Waals surface area contributed by atoms with Crippen LogP contribution >= 0.6 is 0 Å². The maximum Gasteiger partial charge on any atom is 0.248 e. The van der Waals surface area contributed by atoms with E-state index in [1.54, 1.807) is 7.11 Å². The van der Waals surface area contributed by atoms with E-state index in [4.69, 9.17) is 4.74 Å². The number of nitrogens with one attached hydrogen (secondary N) is 1. The van der Waals surface area contributed by atoms with Crippen LogP contribution in [-0.2, 0) is 14.3 Å². The smallest absolute Gasteiger partial charge is 0.248 e. The first kappa shape index (κ1) is 16.0. The minimum atomic E-state index is -0.736. The fourth-order valence-corrected chi connectivity index (χ4v) is 2.29. The van der Waals surface area contributed by atoms with Gasteiger partial charge in [0.2, 0.25) is 11.8 Å². The van der Waals surface area contributed by atoms with Crippen molar-refractivity contribution in [3.8, 4) is 0 Å². The first-order valence-corrected chi connectivity index (χ1v) is 7.13. The van der Waals surface area contributed by atoms with Crippen LogP contribution in [0.15, 0.2) is 0 Å². The lowest BCUT2D eigenvalue weighted by molar-refractivity contribution is -0.138. The van der Waals surface area contributed by atoms with Crippen LogP contribution < -0.4 is 5.32 Å². The van der Waals surface area contributed by atoms with Gasteiger partial charge >= 0.3 is 0 Å². The molecule has 19 heavy (non-hydrogen) atoms. The van der Waals surface area contributed by atoms with Gasteiger partial charge in [-0.2, -0.15) is 0 Å². The van der Waals surface area contributed by atoms with Gasteiger partial charge in [-0.3, -0.25) is 9.59 Å². The summed E-state index contributed by atoms with van der Waals surface area (Å²) in [5.74, 6) is 0.0205. The Morgan fingerprint density at radius 1 is 1.32 bits per heavy atom. The SMILES string of the molecule is CCC1(C)NC(=O)CCN(CCCCCOC)C1=O. The third-order valence-corrected chi connectivity index (χ3v) is 3.77. The second-order valence-electron chi connectivity index (χ2n) is 5.33. The Balaban J connectivity index is 2.52. The Bertz CT molecular complexity index is 320. The number of methoxy groups -OCH3 is 1. The van der Waals surface area contributed by atoms with Crippen LogP contribution in [0.5, 0.6) is 0 Å². The highest BCUT2D eigenvalue weighted by Gasteiger charge is 2.38. The molecular formula is C14H26N2O3. The second kappa shape index (κ2) is 7.48. The zero-order valence-electron chi connectivity index (χ0n) is 12.3. The van der Waals surface area contributed by atoms with E-state index in [-0.39, 0.29) is 11.8 Å². The molecule has 1 heterocycles. The lowest BCUT2D eigenvalue weighted by Gasteiger charge is -2.31. The van der Waals surface area contributed by atoms with Gasteiger partial charge in [0.1, 0.15) is 5.54 Å². The molecule has 1 unspecified atom stereocenters. The Morgan fingerprint density at radius 3 is 2.68 bits per heavy atom. The Hall–Kier alpha value is -1.10. The molecule has 5 nitrogen and oxygen atoms in total. The number of unbranched alkanes of at least 4 members (excludes halogenated alkanes) is 2. The van der Waals surface area contributed by atoms with Gasteiger partial charge in [-0.05, 0) is 32.6 Å². The van der Waals surface area contributed by atoms with Gasteiger partial charge in [-0.15, -0.1) is 0 Å². The molecule has 2 amide bonds. The number of hydrogen-bond donors (Lipinski definition) is 1. The fourth-order valence-electron chi connectivity index (χ4n) is 2.29. The molecule has 1 aliphatic rings. The van der Waals surface area contributed by atoms with Crippen molar-refractivity contribution < 1.29 is 14.3 Å². The standard InChI is InChI=1S/C14H26N2O3/c1-4-14(2)13(18)16(10-8-12(17)15-14)9-6-5-7-11-19-3/h4-11H2,1-3H3,(H,15,17). The minimum absolute atomic E-state index is 0.0282. The van der Waals surface area contributed by atoms with Crippen LogP contribution in [0.25, 0.3) is 0 Å². The molecule has 0 aromatic carbocycles. The molecule has 1 aliphatic heterocycles. The van der Waals surface area contributed by atoms with Crippen molar-refractivity contribution in [3.05, 3.63) is 0 Å². The number of amides is 2. The van der Waals surface area contributed by atoms with Crippen LogP contribution in [0.2, 0.25) is 0 Å². The van der Waals surface area contributed by atoms with E-state index < -0.39 is 5.54 Å². The predicted molar refractivity (Wildman–Crippen MR) is 73.8 cm³/mol. The van der Waals surface area contributed by atoms with Gasteiger partial charge in [0.15, 0.2) is 0 Å². The third kappa shape index (κ3) is 4.49. The molecule has 0 saturated carbocycles. The van der Waals surface area contributed by atoms with Crippen LogP contribution in [0.3, 0.4) is 0 Å². The molecular weight excluding hydrogens is 244 g/mol. The number of hydrogen-bond acceptors (Lipinski definition) is 3. The predicted octanol–water partition coefficient (Wildman–Crippen LogP) is 1.32. The molecule has 1 rings (SSSR count). The van der Waals surface area contributed by atoms with E-state index in [0.29, 0.717) is 19.4 Å². The number of ether oxygens (including phenoxy) is 1. The van der Waals surface area contributed by atoms with Crippen LogP contribution in [-0.4, -0.2) is 49.1 Å². The first-order valence-electron chi connectivity index (χ1n) is 7.13. The number of rotatable bonds is 7. The lowest BCUT2D eigenvalue weighted by atomic mass is 9.97. The van der Waals surface area contributed by atoms with Crippen molar-refractivity contribution in [2.24, 2.45) is 0 Å². The summed E-state index contributed by atoms with van der Waals surface area (Å²) >= 11 is 0. The molecule has 110 valence electrons. The third-order valence-electron chi connectivity index (χ3n) is 3.77. The zero-order valence-corrected chi connectivity index (χ0v) is 12.3. The summed E-state index contributed by atoms with van der Waals surface area (Å²) in [5, 5.41) is 2.85. The molecule has 1 N–H and O–H groups in total. The van der Waals surface area contributed by atoms with Gasteiger partial charge in [0.25, 0.3) is 0 Å². The summed E-state index contributed by atoms with van der Waals surface area (Å²) in [6.45, 7) is 5.77. The Morgan fingerprint density at radius 2 is 2.05 bits per heavy atom. The van der Waals surface area contributed by atoms with Crippen molar-refractivity contribution in [2.45, 2.75) is 51.5 Å². The molecule has 0 aliphatic carbocycles. The highest BCUT2D eigenvalue weighted by molar-refractivity contribution is 5.93. The zero-order chi connectivity index (χ0) is 14.3. The van der Waals surface area contributed by atoms with Gasteiger partial charge < -0.3 is 15.0 Å². The summed E-state index contributed by atoms with van der Waals surface area (Å²) in [7, 11) is 1.70. The highest BCUT2D eigenvalue weighted by atomic mass is 16.5. The molecule has 5 heteroatoms. The van der Waals surface area contributed by atoms with Crippen molar-refractivity contribution >= 4 is 11.8 Å². The van der Waals surface area contributed by atoms with E-state index in [0.717, 1.165) is 32.4 Å². The highest BCUT2D eigenvalue weighted by Crippen LogP contribution is 2.18. The molecule has 0 spiro atoms. The molecule has 1 saturated heterocycles. The number of carbonyl (C=O) groups excluding carboxylic acids is 2. The van der Waals surface area contributed by atoms with Crippen molar-refractivity contribution in [1.29, 1.82) is 0 Å². The van der Waals surface area contributed by atoms with Crippen LogP contribution in [0.4, 0.5) is 0 Å². The van der Waals surface area contributed by atoms with Gasteiger partial charge in [-0.1, -0.05) is 6.92 Å². The lowest BCUT2D eigenvalue weighted by Crippen LogP contribution is -2.54. The van der Waals surface area contributed by atoms with E-state index in [2.05, 4.69) is 5.32 Å². The van der Waals surface area contributed by atoms with Crippen molar-refractivity contribution in [2.75, 3.05) is 26.8 Å². The van der Waals surface area contributed by atoms with Crippen LogP contribution in [0.1, 0.15) is 46.0 Å². The Labute approximate surface area is 115 Å². The average Bonchev–Trinajstić information content (AvgIpc) is 2.50. The molecule has 0 radical (unpaired) electrons. The summed E-state index contributed by atoms with van der Waals surface area (Å²) in [6, 6.07) is 0. The quantitative estimate of drug-likeness (QED) is 0.710. The molecule has 1 atom stereocenters. The summed E-state index contributed by atoms with van der Waals surface area (Å²) in [5.41, 5.74) is -0.736. The average molecular weight is 270 g/mol. The van der Waals surface area contributed by atoms with E-state index >= 15 is 0 Å². The number of carbonyl (C=O) groups is 2. The first-order chi connectivity index (χ1) is 9.03. The molecule has 1 fully saturated rings. The maximum absolute atomic E-state index is 12.5. The molecule has 0 bridgehead atoms. The van der Waals surface area contributed by atoms with E-state index in [1.165, 1.54) is 0 Å². The van der Waals surface area contributed by atoms with Crippen LogP contribution in [0, 0.1) is 0 Å². The summed E-state index contributed by atoms with van der Waals surface area (Å²) in [6.07, 6.45) is 4.04. The van der Waals surface area contributed by atoms with Crippen molar-refractivity contribution in [3.63, 3.8) is 0 Å². The minimum Gasteiger partial charge on any atom is -0.385 e. The maximum atomic E-state index is 12.5. The van der Waals surface area contributed by atoms with E-state index in [9.17, 15) is 9.59 Å². The van der Waals surface area contributed by atoms with Gasteiger partial charge in [-0.25, -0.2) is 0 Å². The second-order valence-corrected chi connectivity index (χ2v) is 5.33. The number of nitrogens with zero attached hydrogens (tertiary/aromatic N) is 1. The van der Waals surface area contributed by atoms with Gasteiger partial charge in [0, 0.05) is 33.2 Å². The normalized spacial score (nSPS) is 24.3. The Kier molecular flexibility index (Phi) is 6.28. The molecule has 0 aromatic rings. The summed E-state index contributed by atoms with van der Waals surface area (Å²) < 4.78 is 5.00. The topological polar surface area (TPSA) is 58.6 Å². The largest absolute Gasteiger partial charge is 0.385 e. The summed E-state index contributed by atoms with van der Waals surface area (Å²) in [4.78, 5) is 25.9. The monoisotopic (exact) mass is 270 g/mol. The molecule has 0 aromatic heterocycles. The fraction of sp³-hybridized carbons (Fsp3) is 0.857.